The van der Waals surface area contributed by atoms with Gasteiger partial charge in [-0.1, -0.05) is 13.8 Å². The summed E-state index contributed by atoms with van der Waals surface area (Å²) in [5.74, 6) is 0.188. The molecular formula is C19H20BrF2N5O. The second-order valence-electron chi connectivity index (χ2n) is 7.28. The van der Waals surface area contributed by atoms with E-state index in [1.54, 1.807) is 9.47 Å². The monoisotopic (exact) mass is 451 g/mol. The topological polar surface area (TPSA) is 53.7 Å². The van der Waals surface area contributed by atoms with Crippen LogP contribution in [-0.4, -0.2) is 45.4 Å². The normalized spacial score (nSPS) is 18.6. The van der Waals surface area contributed by atoms with Crippen LogP contribution in [0.3, 0.4) is 0 Å². The van der Waals surface area contributed by atoms with Gasteiger partial charge in [-0.05, 0) is 47.0 Å². The lowest BCUT2D eigenvalue weighted by Crippen LogP contribution is -2.50. The molecule has 3 heterocycles. The van der Waals surface area contributed by atoms with Crippen molar-refractivity contribution in [1.82, 2.24) is 14.5 Å². The molecule has 0 aliphatic carbocycles. The van der Waals surface area contributed by atoms with Crippen LogP contribution in [0.25, 0.3) is 0 Å². The third-order valence-corrected chi connectivity index (χ3v) is 5.76. The molecule has 6 nitrogen and oxygen atoms in total. The van der Waals surface area contributed by atoms with Crippen LogP contribution < -0.4 is 4.90 Å². The molecule has 4 rings (SSSR count). The molecule has 148 valence electrons. The Labute approximate surface area is 170 Å². The Morgan fingerprint density at radius 3 is 2.75 bits per heavy atom. The van der Waals surface area contributed by atoms with Crippen LogP contribution in [0, 0.1) is 17.6 Å². The summed E-state index contributed by atoms with van der Waals surface area (Å²) in [7, 11) is 0. The Morgan fingerprint density at radius 2 is 2.07 bits per heavy atom. The average Bonchev–Trinajstić information content (AvgIpc) is 3.21. The molecule has 0 saturated carbocycles. The fourth-order valence-corrected chi connectivity index (χ4v) is 4.07. The summed E-state index contributed by atoms with van der Waals surface area (Å²) in [5, 5.41) is 0. The van der Waals surface area contributed by atoms with Crippen molar-refractivity contribution in [3.05, 3.63) is 45.8 Å². The summed E-state index contributed by atoms with van der Waals surface area (Å²) in [4.78, 5) is 25.7. The summed E-state index contributed by atoms with van der Waals surface area (Å²) in [5.41, 5.74) is 0.471. The Kier molecular flexibility index (Phi) is 4.73. The number of aromatic nitrogens is 2. The molecular weight excluding hydrogens is 432 g/mol. The van der Waals surface area contributed by atoms with Gasteiger partial charge in [-0.2, -0.15) is 0 Å². The number of carbonyl (C=O) groups is 1. The number of imidazole rings is 1. The summed E-state index contributed by atoms with van der Waals surface area (Å²) in [6, 6.07) is 3.38. The number of halogens is 3. The number of benzene rings is 1. The van der Waals surface area contributed by atoms with Gasteiger partial charge in [0, 0.05) is 12.1 Å². The molecule has 2 aliphatic rings. The van der Waals surface area contributed by atoms with E-state index in [9.17, 15) is 13.6 Å². The van der Waals surface area contributed by atoms with Crippen LogP contribution in [0.2, 0.25) is 0 Å². The van der Waals surface area contributed by atoms with Gasteiger partial charge in [0.1, 0.15) is 17.5 Å². The Morgan fingerprint density at radius 1 is 1.32 bits per heavy atom. The van der Waals surface area contributed by atoms with Crippen molar-refractivity contribution >= 4 is 33.6 Å². The van der Waals surface area contributed by atoms with E-state index in [4.69, 9.17) is 4.99 Å². The average molecular weight is 452 g/mol. The van der Waals surface area contributed by atoms with E-state index >= 15 is 0 Å². The zero-order valence-electron chi connectivity index (χ0n) is 15.8. The minimum atomic E-state index is -0.516. The molecule has 0 unspecified atom stereocenters. The molecule has 1 amide bonds. The fraction of sp³-hybridized carbons (Fsp3) is 0.421. The fourth-order valence-electron chi connectivity index (χ4n) is 3.60. The van der Waals surface area contributed by atoms with Crippen molar-refractivity contribution in [2.75, 3.05) is 18.0 Å². The number of hydrogen-bond acceptors (Lipinski definition) is 4. The first kappa shape index (κ1) is 19.0. The van der Waals surface area contributed by atoms with Crippen LogP contribution >= 0.6 is 15.9 Å². The first-order valence-electron chi connectivity index (χ1n) is 9.19. The minimum absolute atomic E-state index is 0.0378. The number of amides is 1. The van der Waals surface area contributed by atoms with Crippen LogP contribution in [0.1, 0.15) is 36.8 Å². The third-order valence-electron chi connectivity index (χ3n) is 5.15. The van der Waals surface area contributed by atoms with Crippen molar-refractivity contribution < 1.29 is 13.6 Å². The van der Waals surface area contributed by atoms with Gasteiger partial charge in [-0.25, -0.2) is 18.8 Å². The SMILES string of the molecule is CCN1C(=O)c2nc(Br)n(Cc3cc(F)ccc3F)c2N2C[C@@H](C(C)C)N=C12. The molecule has 2 aliphatic heterocycles. The van der Waals surface area contributed by atoms with Crippen molar-refractivity contribution in [3.63, 3.8) is 0 Å². The maximum Gasteiger partial charge on any atom is 0.283 e. The largest absolute Gasteiger partial charge is 0.300 e. The highest BCUT2D eigenvalue weighted by atomic mass is 79.9. The highest BCUT2D eigenvalue weighted by Gasteiger charge is 2.43. The highest BCUT2D eigenvalue weighted by Crippen LogP contribution is 2.36. The van der Waals surface area contributed by atoms with Gasteiger partial charge in [-0.3, -0.25) is 19.2 Å². The smallest absolute Gasteiger partial charge is 0.283 e. The van der Waals surface area contributed by atoms with Crippen LogP contribution in [0.15, 0.2) is 27.9 Å². The molecule has 1 aromatic carbocycles. The number of fused-ring (bicyclic) bond motifs is 3. The number of aliphatic imine (C=N–C) groups is 1. The lowest BCUT2D eigenvalue weighted by atomic mass is 10.1. The zero-order chi connectivity index (χ0) is 20.2. The lowest BCUT2D eigenvalue weighted by molar-refractivity contribution is 0.0841. The Bertz CT molecular complexity index is 987. The van der Waals surface area contributed by atoms with E-state index in [1.165, 1.54) is 0 Å². The van der Waals surface area contributed by atoms with Gasteiger partial charge in [0.2, 0.25) is 5.96 Å². The van der Waals surface area contributed by atoms with E-state index in [2.05, 4.69) is 34.8 Å². The number of carbonyl (C=O) groups excluding carboxylic acids is 1. The van der Waals surface area contributed by atoms with Gasteiger partial charge >= 0.3 is 0 Å². The molecule has 1 aromatic heterocycles. The van der Waals surface area contributed by atoms with Crippen LogP contribution in [0.4, 0.5) is 14.6 Å². The summed E-state index contributed by atoms with van der Waals surface area (Å²) >= 11 is 3.39. The quantitative estimate of drug-likeness (QED) is 0.712. The van der Waals surface area contributed by atoms with Gasteiger partial charge in [0.05, 0.1) is 19.1 Å². The number of nitrogens with zero attached hydrogens (tertiary/aromatic N) is 5. The van der Waals surface area contributed by atoms with E-state index in [-0.39, 0.29) is 29.8 Å². The number of rotatable bonds is 4. The number of anilines is 1. The molecule has 0 fully saturated rings. The first-order chi connectivity index (χ1) is 13.3. The minimum Gasteiger partial charge on any atom is -0.300 e. The predicted octanol–water partition coefficient (Wildman–Crippen LogP) is 3.65. The molecule has 0 saturated heterocycles. The molecule has 1 atom stereocenters. The lowest BCUT2D eigenvalue weighted by Gasteiger charge is -2.33. The summed E-state index contributed by atoms with van der Waals surface area (Å²) in [6.07, 6.45) is 0. The molecule has 9 heteroatoms. The summed E-state index contributed by atoms with van der Waals surface area (Å²) < 4.78 is 29.9. The molecule has 28 heavy (non-hydrogen) atoms. The first-order valence-corrected chi connectivity index (χ1v) is 9.98. The molecule has 0 spiro atoms. The van der Waals surface area contributed by atoms with Crippen molar-refractivity contribution in [3.8, 4) is 0 Å². The van der Waals surface area contributed by atoms with Gasteiger partial charge in [0.15, 0.2) is 10.4 Å². The van der Waals surface area contributed by atoms with E-state index in [1.807, 2.05) is 11.8 Å². The van der Waals surface area contributed by atoms with Crippen molar-refractivity contribution in [2.24, 2.45) is 10.9 Å². The van der Waals surface area contributed by atoms with Gasteiger partial charge < -0.3 is 0 Å². The molecule has 0 bridgehead atoms. The maximum absolute atomic E-state index is 14.2. The second kappa shape index (κ2) is 6.95. The van der Waals surface area contributed by atoms with Gasteiger partial charge in [-0.15, -0.1) is 0 Å². The molecule has 0 radical (unpaired) electrons. The molecule has 0 N–H and O–H groups in total. The third kappa shape index (κ3) is 2.92. The predicted molar refractivity (Wildman–Crippen MR) is 106 cm³/mol. The Hall–Kier alpha value is -2.29. The number of guanidine groups is 1. The van der Waals surface area contributed by atoms with Crippen molar-refractivity contribution in [1.29, 1.82) is 0 Å². The van der Waals surface area contributed by atoms with Crippen molar-refractivity contribution in [2.45, 2.75) is 33.4 Å². The van der Waals surface area contributed by atoms with Crippen LogP contribution in [0.5, 0.6) is 0 Å². The number of hydrogen-bond donors (Lipinski definition) is 0. The zero-order valence-corrected chi connectivity index (χ0v) is 17.4. The van der Waals surface area contributed by atoms with E-state index < -0.39 is 11.6 Å². The Balaban J connectivity index is 1.83. The summed E-state index contributed by atoms with van der Waals surface area (Å²) in [6.45, 7) is 7.18. The van der Waals surface area contributed by atoms with E-state index in [0.29, 0.717) is 35.5 Å². The van der Waals surface area contributed by atoms with Gasteiger partial charge in [0.25, 0.3) is 5.91 Å². The second-order valence-corrected chi connectivity index (χ2v) is 7.98. The molecule has 2 aromatic rings. The maximum atomic E-state index is 14.2. The van der Waals surface area contributed by atoms with Crippen LogP contribution in [-0.2, 0) is 6.54 Å². The highest BCUT2D eigenvalue weighted by molar-refractivity contribution is 9.10. The standard InChI is InChI=1S/C19H20BrF2N5O/c1-4-25-17(28)15-16(27-9-14(10(2)3)23-19(25)27)26(18(20)24-15)8-11-7-12(21)5-6-13(11)22/h5-7,10,14H,4,8-9H2,1-3H3/t14-/m0/s1. The van der Waals surface area contributed by atoms with E-state index in [0.717, 1.165) is 18.2 Å².